The van der Waals surface area contributed by atoms with Crippen LogP contribution in [0.5, 0.6) is 0 Å². The summed E-state index contributed by atoms with van der Waals surface area (Å²) in [4.78, 5) is 35.4. The van der Waals surface area contributed by atoms with Gasteiger partial charge in [0.2, 0.25) is 5.91 Å². The lowest BCUT2D eigenvalue weighted by molar-refractivity contribution is -0.143. The molecule has 7 nitrogen and oxygen atoms in total. The van der Waals surface area contributed by atoms with Crippen molar-refractivity contribution in [3.63, 3.8) is 0 Å². The van der Waals surface area contributed by atoms with Gasteiger partial charge >= 0.3 is 5.97 Å². The summed E-state index contributed by atoms with van der Waals surface area (Å²) in [5.41, 5.74) is 3.61. The lowest BCUT2D eigenvalue weighted by Crippen LogP contribution is -2.35. The molecule has 0 atom stereocenters. The number of nitrogens with one attached hydrogen (secondary N) is 2. The Hall–Kier alpha value is -3.42. The third-order valence-corrected chi connectivity index (χ3v) is 4.75. The van der Waals surface area contributed by atoms with Crippen molar-refractivity contribution in [1.82, 2.24) is 9.88 Å². The number of hydrogen-bond acceptors (Lipinski definition) is 4. The second-order valence-corrected chi connectivity index (χ2v) is 7.20. The molecule has 1 fully saturated rings. The van der Waals surface area contributed by atoms with Crippen LogP contribution in [-0.4, -0.2) is 35.5 Å². The van der Waals surface area contributed by atoms with Crippen LogP contribution in [-0.2, 0) is 19.1 Å². The summed E-state index contributed by atoms with van der Waals surface area (Å²) in [5, 5.41) is 4.86. The third-order valence-electron chi connectivity index (χ3n) is 4.75. The number of esters is 1. The molecule has 2 N–H and O–H groups in total. The zero-order valence-corrected chi connectivity index (χ0v) is 16.9. The van der Waals surface area contributed by atoms with E-state index in [-0.39, 0.29) is 6.54 Å². The van der Waals surface area contributed by atoms with Crippen LogP contribution in [0, 0.1) is 19.7 Å². The highest BCUT2D eigenvalue weighted by Gasteiger charge is 2.26. The van der Waals surface area contributed by atoms with Crippen molar-refractivity contribution in [3.05, 3.63) is 59.2 Å². The first-order valence-corrected chi connectivity index (χ1v) is 9.69. The van der Waals surface area contributed by atoms with Crippen molar-refractivity contribution in [2.45, 2.75) is 32.7 Å². The zero-order chi connectivity index (χ0) is 21.7. The predicted octanol–water partition coefficient (Wildman–Crippen LogP) is 2.89. The standard InChI is InChI=1S/C22H24FN3O4/c1-14-11-16(15(2)26(14)19-8-9-19)3-10-22(29)30-13-21(28)24-12-20(27)25-18-6-4-17(23)5-7-18/h3-7,10-11,19H,8-9,12-13H2,1-2H3,(H,24,28)(H,25,27)/b10-3+. The maximum absolute atomic E-state index is 12.8. The van der Waals surface area contributed by atoms with Gasteiger partial charge in [-0.3, -0.25) is 9.59 Å². The lowest BCUT2D eigenvalue weighted by Gasteiger charge is -2.07. The minimum Gasteiger partial charge on any atom is -0.452 e. The molecule has 1 aromatic carbocycles. The second-order valence-electron chi connectivity index (χ2n) is 7.20. The smallest absolute Gasteiger partial charge is 0.331 e. The maximum Gasteiger partial charge on any atom is 0.331 e. The molecular weight excluding hydrogens is 389 g/mol. The first-order valence-electron chi connectivity index (χ1n) is 9.69. The van der Waals surface area contributed by atoms with Gasteiger partial charge in [-0.25, -0.2) is 9.18 Å². The summed E-state index contributed by atoms with van der Waals surface area (Å²) in [7, 11) is 0. The van der Waals surface area contributed by atoms with E-state index in [9.17, 15) is 18.8 Å². The van der Waals surface area contributed by atoms with Crippen molar-refractivity contribution in [3.8, 4) is 0 Å². The third kappa shape index (κ3) is 5.79. The number of nitrogens with zero attached hydrogens (tertiary/aromatic N) is 1. The number of hydrogen-bond donors (Lipinski definition) is 2. The molecule has 158 valence electrons. The summed E-state index contributed by atoms with van der Waals surface area (Å²) in [6, 6.07) is 7.82. The molecule has 0 spiro atoms. The van der Waals surface area contributed by atoms with Gasteiger partial charge in [-0.15, -0.1) is 0 Å². The van der Waals surface area contributed by atoms with E-state index in [0.29, 0.717) is 11.7 Å². The number of amides is 2. The highest BCUT2D eigenvalue weighted by atomic mass is 19.1. The monoisotopic (exact) mass is 413 g/mol. The van der Waals surface area contributed by atoms with Gasteiger partial charge in [-0.05, 0) is 68.7 Å². The largest absolute Gasteiger partial charge is 0.452 e. The van der Waals surface area contributed by atoms with Crippen molar-refractivity contribution in [1.29, 1.82) is 0 Å². The molecule has 0 unspecified atom stereocenters. The molecule has 0 aliphatic heterocycles. The Morgan fingerprint density at radius 1 is 1.17 bits per heavy atom. The summed E-state index contributed by atoms with van der Waals surface area (Å²) < 4.78 is 20.0. The van der Waals surface area contributed by atoms with E-state index in [0.717, 1.165) is 17.0 Å². The van der Waals surface area contributed by atoms with Crippen LogP contribution in [0.15, 0.2) is 36.4 Å². The molecular formula is C22H24FN3O4. The molecule has 3 rings (SSSR count). The Morgan fingerprint density at radius 3 is 2.53 bits per heavy atom. The topological polar surface area (TPSA) is 89.4 Å². The minimum absolute atomic E-state index is 0.295. The Bertz CT molecular complexity index is 975. The van der Waals surface area contributed by atoms with Crippen LogP contribution in [0.3, 0.4) is 0 Å². The van der Waals surface area contributed by atoms with Crippen LogP contribution in [0.1, 0.15) is 35.8 Å². The first kappa shape index (κ1) is 21.3. The van der Waals surface area contributed by atoms with E-state index in [1.54, 1.807) is 6.08 Å². The van der Waals surface area contributed by atoms with Gasteiger partial charge in [0, 0.05) is 29.2 Å². The van der Waals surface area contributed by atoms with Gasteiger partial charge in [0.15, 0.2) is 6.61 Å². The number of aryl methyl sites for hydroxylation is 1. The fraction of sp³-hybridized carbons (Fsp3) is 0.318. The zero-order valence-electron chi connectivity index (χ0n) is 16.9. The number of aromatic nitrogens is 1. The molecule has 2 amide bonds. The molecule has 2 aromatic rings. The van der Waals surface area contributed by atoms with E-state index < -0.39 is 30.2 Å². The minimum atomic E-state index is -0.642. The van der Waals surface area contributed by atoms with E-state index in [1.165, 1.54) is 43.2 Å². The fourth-order valence-corrected chi connectivity index (χ4v) is 3.18. The number of ether oxygens (including phenoxy) is 1. The number of halogens is 1. The molecule has 0 radical (unpaired) electrons. The van der Waals surface area contributed by atoms with E-state index in [1.807, 2.05) is 19.9 Å². The highest BCUT2D eigenvalue weighted by Crippen LogP contribution is 2.38. The van der Waals surface area contributed by atoms with Gasteiger partial charge in [0.25, 0.3) is 5.91 Å². The van der Waals surface area contributed by atoms with Crippen LogP contribution in [0.2, 0.25) is 0 Å². The van der Waals surface area contributed by atoms with E-state index >= 15 is 0 Å². The van der Waals surface area contributed by atoms with Gasteiger partial charge < -0.3 is 19.9 Å². The second kappa shape index (κ2) is 9.39. The average molecular weight is 413 g/mol. The van der Waals surface area contributed by atoms with Crippen molar-refractivity contribution in [2.24, 2.45) is 0 Å². The maximum atomic E-state index is 12.8. The van der Waals surface area contributed by atoms with Crippen molar-refractivity contribution in [2.75, 3.05) is 18.5 Å². The number of carbonyl (C=O) groups is 3. The average Bonchev–Trinajstić information content (AvgIpc) is 3.50. The summed E-state index contributed by atoms with van der Waals surface area (Å²) in [5.74, 6) is -2.13. The Kier molecular flexibility index (Phi) is 6.66. The lowest BCUT2D eigenvalue weighted by atomic mass is 10.2. The molecule has 1 aliphatic carbocycles. The Morgan fingerprint density at radius 2 is 1.87 bits per heavy atom. The molecule has 30 heavy (non-hydrogen) atoms. The molecule has 0 saturated heterocycles. The summed E-state index contributed by atoms with van der Waals surface area (Å²) in [6.45, 7) is 3.27. The van der Waals surface area contributed by atoms with Gasteiger partial charge in [-0.2, -0.15) is 0 Å². The number of anilines is 1. The van der Waals surface area contributed by atoms with Gasteiger partial charge in [0.1, 0.15) is 5.82 Å². The van der Waals surface area contributed by atoms with Gasteiger partial charge in [-0.1, -0.05) is 0 Å². The molecule has 0 bridgehead atoms. The molecule has 1 heterocycles. The van der Waals surface area contributed by atoms with Crippen LogP contribution < -0.4 is 10.6 Å². The normalized spacial score (nSPS) is 13.3. The predicted molar refractivity (Wildman–Crippen MR) is 110 cm³/mol. The first-order chi connectivity index (χ1) is 14.3. The Labute approximate surface area is 173 Å². The summed E-state index contributed by atoms with van der Waals surface area (Å²) >= 11 is 0. The van der Waals surface area contributed by atoms with Crippen LogP contribution >= 0.6 is 0 Å². The summed E-state index contributed by atoms with van der Waals surface area (Å²) in [6.07, 6.45) is 5.32. The molecule has 1 aliphatic rings. The van der Waals surface area contributed by atoms with Crippen molar-refractivity contribution < 1.29 is 23.5 Å². The number of benzene rings is 1. The molecule has 1 aromatic heterocycles. The fourth-order valence-electron chi connectivity index (χ4n) is 3.18. The van der Waals surface area contributed by atoms with E-state index in [4.69, 9.17) is 4.74 Å². The molecule has 1 saturated carbocycles. The highest BCUT2D eigenvalue weighted by molar-refractivity contribution is 5.95. The van der Waals surface area contributed by atoms with E-state index in [2.05, 4.69) is 15.2 Å². The molecule has 8 heteroatoms. The Balaban J connectivity index is 1.39. The van der Waals surface area contributed by atoms with Crippen LogP contribution in [0.25, 0.3) is 6.08 Å². The quantitative estimate of drug-likeness (QED) is 0.514. The SMILES string of the molecule is Cc1cc(/C=C/C(=O)OCC(=O)NCC(=O)Nc2ccc(F)cc2)c(C)n1C1CC1. The van der Waals surface area contributed by atoms with Gasteiger partial charge in [0.05, 0.1) is 6.54 Å². The number of rotatable bonds is 8. The number of carbonyl (C=O) groups excluding carboxylic acids is 3. The van der Waals surface area contributed by atoms with Crippen molar-refractivity contribution >= 4 is 29.5 Å². The van der Waals surface area contributed by atoms with Crippen LogP contribution in [0.4, 0.5) is 10.1 Å².